The number of halogens is 1. The van der Waals surface area contributed by atoms with Gasteiger partial charge in [-0.1, -0.05) is 28.1 Å². The lowest BCUT2D eigenvalue weighted by atomic mass is 10.1. The molecule has 0 heterocycles. The van der Waals surface area contributed by atoms with Crippen molar-refractivity contribution in [3.63, 3.8) is 0 Å². The van der Waals surface area contributed by atoms with Crippen LogP contribution in [0.15, 0.2) is 28.7 Å². The molecule has 0 aliphatic carbocycles. The molecule has 0 aromatic heterocycles. The van der Waals surface area contributed by atoms with Crippen LogP contribution in [0, 0.1) is 11.3 Å². The highest BCUT2D eigenvalue weighted by atomic mass is 79.9. The smallest absolute Gasteiger partial charge is 0.0642 e. The van der Waals surface area contributed by atoms with Gasteiger partial charge in [0.1, 0.15) is 0 Å². The van der Waals surface area contributed by atoms with E-state index in [1.807, 2.05) is 24.3 Å². The molecular weight excluding hydrogens is 230 g/mol. The molecule has 0 aliphatic rings. The maximum Gasteiger partial charge on any atom is 0.0642 e. The van der Waals surface area contributed by atoms with Crippen LogP contribution in [0.4, 0.5) is 0 Å². The molecule has 0 bridgehead atoms. The van der Waals surface area contributed by atoms with Crippen LogP contribution in [0.2, 0.25) is 0 Å². The van der Waals surface area contributed by atoms with Gasteiger partial charge >= 0.3 is 0 Å². The fraction of sp³-hybridized carbons (Fsp3) is 0.222. The molecule has 4 heteroatoms. The number of rotatable bonds is 3. The predicted molar refractivity (Wildman–Crippen MR) is 54.4 cm³/mol. The second kappa shape index (κ2) is 4.97. The topological polar surface area (TPSA) is 61.8 Å². The molecule has 0 aliphatic heterocycles. The summed E-state index contributed by atoms with van der Waals surface area (Å²) in [4.78, 5) is 0. The van der Waals surface area contributed by atoms with Gasteiger partial charge in [-0.2, -0.15) is 5.26 Å². The van der Waals surface area contributed by atoms with Crippen molar-refractivity contribution < 1.29 is 0 Å². The number of nitriles is 1. The number of benzene rings is 1. The minimum Gasteiger partial charge on any atom is -0.271 e. The molecule has 1 atom stereocenters. The van der Waals surface area contributed by atoms with Crippen molar-refractivity contribution in [2.45, 2.75) is 12.5 Å². The fourth-order valence-electron chi connectivity index (χ4n) is 1.06. The van der Waals surface area contributed by atoms with E-state index in [2.05, 4.69) is 27.4 Å². The molecule has 0 radical (unpaired) electrons. The molecule has 3 nitrogen and oxygen atoms in total. The monoisotopic (exact) mass is 239 g/mol. The molecule has 68 valence electrons. The average Bonchev–Trinajstić information content (AvgIpc) is 2.16. The lowest BCUT2D eigenvalue weighted by Crippen LogP contribution is -2.27. The molecule has 0 spiro atoms. The maximum atomic E-state index is 8.53. The lowest BCUT2D eigenvalue weighted by Gasteiger charge is -2.12. The second-order valence-electron chi connectivity index (χ2n) is 2.63. The Morgan fingerprint density at radius 2 is 2.08 bits per heavy atom. The highest BCUT2D eigenvalue weighted by Gasteiger charge is 2.07. The van der Waals surface area contributed by atoms with E-state index in [0.29, 0.717) is 6.42 Å². The summed E-state index contributed by atoms with van der Waals surface area (Å²) in [5, 5.41) is 8.53. The number of hydrazine groups is 1. The number of hydrogen-bond acceptors (Lipinski definition) is 3. The highest BCUT2D eigenvalue weighted by molar-refractivity contribution is 9.10. The standard InChI is InChI=1S/C9H10BrN3/c10-8-3-1-7(2-4-8)9(13-12)5-6-11/h1-4,9,13H,5,12H2/t9-/m1/s1. The Morgan fingerprint density at radius 3 is 2.54 bits per heavy atom. The molecule has 0 amide bonds. The molecule has 1 aromatic carbocycles. The van der Waals surface area contributed by atoms with Crippen molar-refractivity contribution in [1.29, 1.82) is 5.26 Å². The molecule has 0 saturated heterocycles. The van der Waals surface area contributed by atoms with Gasteiger partial charge in [-0.25, -0.2) is 0 Å². The first kappa shape index (κ1) is 10.2. The van der Waals surface area contributed by atoms with Crippen molar-refractivity contribution in [3.8, 4) is 6.07 Å². The molecule has 3 N–H and O–H groups in total. The number of nitrogens with one attached hydrogen (secondary N) is 1. The van der Waals surface area contributed by atoms with E-state index in [-0.39, 0.29) is 6.04 Å². The van der Waals surface area contributed by atoms with Crippen molar-refractivity contribution in [3.05, 3.63) is 34.3 Å². The first-order valence-electron chi connectivity index (χ1n) is 3.86. The van der Waals surface area contributed by atoms with Gasteiger partial charge in [0, 0.05) is 4.47 Å². The maximum absolute atomic E-state index is 8.53. The number of nitrogens with zero attached hydrogens (tertiary/aromatic N) is 1. The second-order valence-corrected chi connectivity index (χ2v) is 3.55. The van der Waals surface area contributed by atoms with E-state index < -0.39 is 0 Å². The largest absolute Gasteiger partial charge is 0.271 e. The van der Waals surface area contributed by atoms with E-state index in [0.717, 1.165) is 10.0 Å². The minimum absolute atomic E-state index is 0.0851. The zero-order valence-electron chi connectivity index (χ0n) is 7.00. The van der Waals surface area contributed by atoms with Gasteiger partial charge in [-0.3, -0.25) is 11.3 Å². The Hall–Kier alpha value is -0.890. The molecule has 0 unspecified atom stereocenters. The predicted octanol–water partition coefficient (Wildman–Crippen LogP) is 1.87. The third-order valence-electron chi connectivity index (χ3n) is 1.77. The normalized spacial score (nSPS) is 12.1. The third-order valence-corrected chi connectivity index (χ3v) is 2.30. The summed E-state index contributed by atoms with van der Waals surface area (Å²) in [6.07, 6.45) is 0.373. The van der Waals surface area contributed by atoms with E-state index >= 15 is 0 Å². The van der Waals surface area contributed by atoms with Crippen LogP contribution in [0.3, 0.4) is 0 Å². The van der Waals surface area contributed by atoms with Gasteiger partial charge in [-0.05, 0) is 17.7 Å². The van der Waals surface area contributed by atoms with Crippen molar-refractivity contribution in [2.24, 2.45) is 5.84 Å². The Morgan fingerprint density at radius 1 is 1.46 bits per heavy atom. The Kier molecular flexibility index (Phi) is 3.90. The minimum atomic E-state index is -0.0851. The van der Waals surface area contributed by atoms with Crippen molar-refractivity contribution in [2.75, 3.05) is 0 Å². The van der Waals surface area contributed by atoms with Gasteiger partial charge in [-0.15, -0.1) is 0 Å². The summed E-state index contributed by atoms with van der Waals surface area (Å²) in [7, 11) is 0. The summed E-state index contributed by atoms with van der Waals surface area (Å²) in [6.45, 7) is 0. The molecule has 1 aromatic rings. The molecule has 0 saturated carbocycles. The Bertz CT molecular complexity index is 302. The quantitative estimate of drug-likeness (QED) is 0.626. The van der Waals surface area contributed by atoms with Crippen LogP contribution in [-0.2, 0) is 0 Å². The first-order valence-corrected chi connectivity index (χ1v) is 4.65. The molecule has 13 heavy (non-hydrogen) atoms. The van der Waals surface area contributed by atoms with Crippen LogP contribution in [0.5, 0.6) is 0 Å². The van der Waals surface area contributed by atoms with Crippen molar-refractivity contribution >= 4 is 15.9 Å². The summed E-state index contributed by atoms with van der Waals surface area (Å²) in [5.41, 5.74) is 3.62. The zero-order valence-corrected chi connectivity index (χ0v) is 8.58. The number of hydrogen-bond donors (Lipinski definition) is 2. The SMILES string of the molecule is N#CC[C@@H](NN)c1ccc(Br)cc1. The summed E-state index contributed by atoms with van der Waals surface area (Å²) in [6, 6.07) is 9.72. The number of nitrogens with two attached hydrogens (primary N) is 1. The van der Waals surface area contributed by atoms with Crippen LogP contribution in [0.25, 0.3) is 0 Å². The van der Waals surface area contributed by atoms with E-state index in [1.54, 1.807) is 0 Å². The van der Waals surface area contributed by atoms with E-state index in [9.17, 15) is 0 Å². The van der Waals surface area contributed by atoms with Gasteiger partial charge in [0.15, 0.2) is 0 Å². The lowest BCUT2D eigenvalue weighted by molar-refractivity contribution is 0.565. The molecule has 0 fully saturated rings. The summed E-state index contributed by atoms with van der Waals surface area (Å²) >= 11 is 3.34. The van der Waals surface area contributed by atoms with Crippen LogP contribution < -0.4 is 11.3 Å². The summed E-state index contributed by atoms with van der Waals surface area (Å²) < 4.78 is 1.02. The van der Waals surface area contributed by atoms with Gasteiger partial charge in [0.05, 0.1) is 18.5 Å². The fourth-order valence-corrected chi connectivity index (χ4v) is 1.32. The van der Waals surface area contributed by atoms with Gasteiger partial charge in [0.25, 0.3) is 0 Å². The van der Waals surface area contributed by atoms with Gasteiger partial charge < -0.3 is 0 Å². The third kappa shape index (κ3) is 2.81. The first-order chi connectivity index (χ1) is 6.27. The Labute approximate surface area is 85.6 Å². The molecule has 1 rings (SSSR count). The van der Waals surface area contributed by atoms with Crippen molar-refractivity contribution in [1.82, 2.24) is 5.43 Å². The van der Waals surface area contributed by atoms with E-state index in [1.165, 1.54) is 0 Å². The van der Waals surface area contributed by atoms with Crippen LogP contribution in [-0.4, -0.2) is 0 Å². The van der Waals surface area contributed by atoms with Gasteiger partial charge in [0.2, 0.25) is 0 Å². The highest BCUT2D eigenvalue weighted by Crippen LogP contribution is 2.18. The Balaban J connectivity index is 2.80. The van der Waals surface area contributed by atoms with Crippen LogP contribution in [0.1, 0.15) is 18.0 Å². The summed E-state index contributed by atoms with van der Waals surface area (Å²) in [5.74, 6) is 5.32. The average molecular weight is 240 g/mol. The zero-order chi connectivity index (χ0) is 9.68. The van der Waals surface area contributed by atoms with E-state index in [4.69, 9.17) is 11.1 Å². The van der Waals surface area contributed by atoms with Crippen LogP contribution >= 0.6 is 15.9 Å². The molecular formula is C9H10BrN3.